The van der Waals surface area contributed by atoms with E-state index in [2.05, 4.69) is 5.32 Å². The summed E-state index contributed by atoms with van der Waals surface area (Å²) in [5.41, 5.74) is 1.27. The minimum Gasteiger partial charge on any atom is -0.376 e. The van der Waals surface area contributed by atoms with Crippen LogP contribution in [0.3, 0.4) is 0 Å². The van der Waals surface area contributed by atoms with Crippen LogP contribution in [0.2, 0.25) is 5.02 Å². The second kappa shape index (κ2) is 8.83. The van der Waals surface area contributed by atoms with Crippen molar-refractivity contribution in [1.29, 1.82) is 0 Å². The van der Waals surface area contributed by atoms with Crippen molar-refractivity contribution in [3.8, 4) is 11.1 Å². The molecule has 3 aromatic carbocycles. The molecule has 2 aliphatic rings. The summed E-state index contributed by atoms with van der Waals surface area (Å²) in [5.74, 6) is -1.15. The number of carbonyl (C=O) groups excluding carboxylic acids is 3. The van der Waals surface area contributed by atoms with Crippen molar-refractivity contribution in [2.45, 2.75) is 18.6 Å². The molecule has 1 saturated heterocycles. The van der Waals surface area contributed by atoms with Gasteiger partial charge in [0.1, 0.15) is 6.04 Å². The number of aliphatic hydroxyl groups is 1. The van der Waals surface area contributed by atoms with Crippen molar-refractivity contribution in [2.24, 2.45) is 0 Å². The number of carbonyl (C=O) groups is 3. The number of piperazine rings is 1. The van der Waals surface area contributed by atoms with Gasteiger partial charge in [0.2, 0.25) is 5.91 Å². The van der Waals surface area contributed by atoms with Gasteiger partial charge in [0, 0.05) is 18.1 Å². The van der Waals surface area contributed by atoms with E-state index < -0.39 is 17.6 Å². The monoisotopic (exact) mass is 489 g/mol. The number of nitrogens with zero attached hydrogens (tertiary/aromatic N) is 2. The molecule has 3 aromatic rings. The van der Waals surface area contributed by atoms with E-state index in [1.54, 1.807) is 54.6 Å². The van der Waals surface area contributed by atoms with Crippen LogP contribution in [0.5, 0.6) is 0 Å². The molecule has 5 rings (SSSR count). The minimum absolute atomic E-state index is 0.00256. The first-order valence-corrected chi connectivity index (χ1v) is 11.7. The first kappa shape index (κ1) is 23.1. The van der Waals surface area contributed by atoms with Crippen LogP contribution in [0, 0.1) is 0 Å². The highest BCUT2D eigenvalue weighted by Gasteiger charge is 2.44. The van der Waals surface area contributed by atoms with E-state index in [1.807, 2.05) is 18.2 Å². The molecule has 1 fully saturated rings. The molecule has 0 radical (unpaired) electrons. The van der Waals surface area contributed by atoms with Crippen LogP contribution in [0.15, 0.2) is 72.8 Å². The third-order valence-electron chi connectivity index (χ3n) is 6.67. The summed E-state index contributed by atoms with van der Waals surface area (Å²) in [4.78, 5) is 42.8. The number of rotatable bonds is 3. The Morgan fingerprint density at radius 1 is 1.00 bits per heavy atom. The number of hydrogen-bond donors (Lipinski definition) is 2. The molecular formula is C27H24ClN3O4. The predicted molar refractivity (Wildman–Crippen MR) is 133 cm³/mol. The van der Waals surface area contributed by atoms with Crippen molar-refractivity contribution >= 4 is 35.0 Å². The van der Waals surface area contributed by atoms with Gasteiger partial charge in [0.05, 0.1) is 17.8 Å². The second-order valence-electron chi connectivity index (χ2n) is 8.96. The number of hydrogen-bond acceptors (Lipinski definition) is 4. The zero-order chi connectivity index (χ0) is 24.7. The molecule has 0 saturated carbocycles. The SMILES string of the molecule is CC(O)(C(=O)N1CCN2C(=O)c3cc(-c4ccc(Cl)cc4)ccc3NC(=O)C2C1)c1ccccc1. The summed E-state index contributed by atoms with van der Waals surface area (Å²) in [6, 6.07) is 20.4. The first-order valence-electron chi connectivity index (χ1n) is 11.3. The smallest absolute Gasteiger partial charge is 0.259 e. The Morgan fingerprint density at radius 3 is 2.40 bits per heavy atom. The molecule has 7 nitrogen and oxygen atoms in total. The molecule has 3 amide bonds. The summed E-state index contributed by atoms with van der Waals surface area (Å²) < 4.78 is 0. The van der Waals surface area contributed by atoms with Gasteiger partial charge in [-0.05, 0) is 47.9 Å². The van der Waals surface area contributed by atoms with E-state index in [9.17, 15) is 19.5 Å². The molecule has 0 spiro atoms. The summed E-state index contributed by atoms with van der Waals surface area (Å²) in [7, 11) is 0. The molecule has 2 aliphatic heterocycles. The predicted octanol–water partition coefficient (Wildman–Crippen LogP) is 3.52. The van der Waals surface area contributed by atoms with Crippen molar-refractivity contribution in [2.75, 3.05) is 25.0 Å². The normalized spacial score (nSPS) is 19.2. The third-order valence-corrected chi connectivity index (χ3v) is 6.92. The maximum Gasteiger partial charge on any atom is 0.259 e. The van der Waals surface area contributed by atoms with Gasteiger partial charge >= 0.3 is 0 Å². The second-order valence-corrected chi connectivity index (χ2v) is 9.40. The fourth-order valence-corrected chi connectivity index (χ4v) is 4.78. The Bertz CT molecular complexity index is 1310. The van der Waals surface area contributed by atoms with Crippen molar-refractivity contribution < 1.29 is 19.5 Å². The Labute approximate surface area is 207 Å². The van der Waals surface area contributed by atoms with E-state index in [4.69, 9.17) is 11.6 Å². The summed E-state index contributed by atoms with van der Waals surface area (Å²) in [6.07, 6.45) is 0. The van der Waals surface area contributed by atoms with Gasteiger partial charge in [0.25, 0.3) is 11.8 Å². The standard InChI is InChI=1S/C27H24ClN3O4/c1-27(35,19-5-3-2-4-6-19)26(34)30-13-14-31-23(16-30)24(32)29-22-12-9-18(15-21(22)25(31)33)17-7-10-20(28)11-8-17/h2-12,15,23,35H,13-14,16H2,1H3,(H,29,32). The number of halogens is 1. The van der Waals surface area contributed by atoms with Crippen LogP contribution in [-0.2, 0) is 15.2 Å². The van der Waals surface area contributed by atoms with Gasteiger partial charge in [-0.2, -0.15) is 0 Å². The van der Waals surface area contributed by atoms with E-state index in [1.165, 1.54) is 16.7 Å². The Kier molecular flexibility index (Phi) is 5.83. The molecule has 2 heterocycles. The quantitative estimate of drug-likeness (QED) is 0.589. The van der Waals surface area contributed by atoms with Crippen molar-refractivity contribution in [1.82, 2.24) is 9.80 Å². The maximum atomic E-state index is 13.5. The number of benzene rings is 3. The van der Waals surface area contributed by atoms with Gasteiger partial charge in [-0.3, -0.25) is 14.4 Å². The fraction of sp³-hybridized carbons (Fsp3) is 0.222. The highest BCUT2D eigenvalue weighted by Crippen LogP contribution is 2.32. The average molecular weight is 490 g/mol. The molecule has 8 heteroatoms. The van der Waals surface area contributed by atoms with Crippen molar-refractivity contribution in [3.63, 3.8) is 0 Å². The van der Waals surface area contributed by atoms with E-state index in [0.717, 1.165) is 11.1 Å². The summed E-state index contributed by atoms with van der Waals surface area (Å²) >= 11 is 6.00. The molecule has 2 atom stereocenters. The van der Waals surface area contributed by atoms with Gasteiger partial charge < -0.3 is 20.2 Å². The van der Waals surface area contributed by atoms with Crippen LogP contribution < -0.4 is 5.32 Å². The first-order chi connectivity index (χ1) is 16.8. The lowest BCUT2D eigenvalue weighted by molar-refractivity contribution is -0.153. The van der Waals surface area contributed by atoms with Crippen LogP contribution in [0.1, 0.15) is 22.8 Å². The number of nitrogens with one attached hydrogen (secondary N) is 1. The molecule has 35 heavy (non-hydrogen) atoms. The highest BCUT2D eigenvalue weighted by molar-refractivity contribution is 6.30. The molecule has 0 bridgehead atoms. The maximum absolute atomic E-state index is 13.5. The summed E-state index contributed by atoms with van der Waals surface area (Å²) in [6.45, 7) is 1.84. The Morgan fingerprint density at radius 2 is 1.69 bits per heavy atom. The largest absolute Gasteiger partial charge is 0.376 e. The molecule has 0 aliphatic carbocycles. The number of amides is 3. The molecule has 178 valence electrons. The number of anilines is 1. The number of fused-ring (bicyclic) bond motifs is 2. The van der Waals surface area contributed by atoms with Crippen LogP contribution in [0.25, 0.3) is 11.1 Å². The van der Waals surface area contributed by atoms with E-state index in [0.29, 0.717) is 21.8 Å². The fourth-order valence-electron chi connectivity index (χ4n) is 4.65. The minimum atomic E-state index is -1.74. The van der Waals surface area contributed by atoms with Crippen LogP contribution in [0.4, 0.5) is 5.69 Å². The van der Waals surface area contributed by atoms with Crippen molar-refractivity contribution in [3.05, 3.63) is 88.9 Å². The van der Waals surface area contributed by atoms with Gasteiger partial charge in [0.15, 0.2) is 5.60 Å². The lowest BCUT2D eigenvalue weighted by atomic mass is 9.93. The topological polar surface area (TPSA) is 89.9 Å². The van der Waals surface area contributed by atoms with Crippen LogP contribution >= 0.6 is 11.6 Å². The van der Waals surface area contributed by atoms with E-state index >= 15 is 0 Å². The van der Waals surface area contributed by atoms with Gasteiger partial charge in [-0.1, -0.05) is 60.1 Å². The Hall–Kier alpha value is -3.68. The zero-order valence-corrected chi connectivity index (χ0v) is 19.8. The summed E-state index contributed by atoms with van der Waals surface area (Å²) in [5, 5.41) is 14.5. The molecule has 2 N–H and O–H groups in total. The Balaban J connectivity index is 1.41. The molecule has 2 unspecified atom stereocenters. The lowest BCUT2D eigenvalue weighted by Crippen LogP contribution is -2.61. The molecular weight excluding hydrogens is 466 g/mol. The molecule has 0 aromatic heterocycles. The average Bonchev–Trinajstić information content (AvgIpc) is 2.98. The third kappa shape index (κ3) is 4.17. The highest BCUT2D eigenvalue weighted by atomic mass is 35.5. The zero-order valence-electron chi connectivity index (χ0n) is 19.1. The van der Waals surface area contributed by atoms with Gasteiger partial charge in [-0.25, -0.2) is 0 Å². The van der Waals surface area contributed by atoms with Crippen LogP contribution in [-0.4, -0.2) is 58.3 Å². The lowest BCUT2D eigenvalue weighted by Gasteiger charge is -2.41. The van der Waals surface area contributed by atoms with E-state index in [-0.39, 0.29) is 31.4 Å². The van der Waals surface area contributed by atoms with Gasteiger partial charge in [-0.15, -0.1) is 0 Å².